The van der Waals surface area contributed by atoms with Crippen molar-refractivity contribution in [2.75, 3.05) is 0 Å². The molecule has 0 atom stereocenters. The lowest BCUT2D eigenvalue weighted by Crippen LogP contribution is -2.09. The number of ether oxygens (including phenoxy) is 2. The highest BCUT2D eigenvalue weighted by atomic mass is 79.9. The van der Waals surface area contributed by atoms with E-state index in [0.717, 1.165) is 21.2 Å². The fourth-order valence-corrected chi connectivity index (χ4v) is 3.49. The minimum atomic E-state index is -0.563. The first-order chi connectivity index (χ1) is 14.9. The summed E-state index contributed by atoms with van der Waals surface area (Å²) >= 11 is 3.42. The minimum absolute atomic E-state index is 0.127. The Labute approximate surface area is 188 Å². The van der Waals surface area contributed by atoms with Crippen LogP contribution >= 0.6 is 15.9 Å². The predicted octanol–water partition coefficient (Wildman–Crippen LogP) is 5.63. The lowest BCUT2D eigenvalue weighted by Gasteiger charge is -2.09. The van der Waals surface area contributed by atoms with Gasteiger partial charge in [0.2, 0.25) is 5.90 Å². The standard InChI is InChI=1S/C25H18BrNO4/c1-15-5-3-7-17(11-15)23-27-21(25(29)31-23)14-19-13-20(26)9-10-22(19)30-24(28)18-8-4-6-16(2)12-18/h3-14H,1-2H3/b21-14+. The van der Waals surface area contributed by atoms with Gasteiger partial charge in [-0.15, -0.1) is 0 Å². The number of rotatable bonds is 4. The maximum Gasteiger partial charge on any atom is 0.363 e. The van der Waals surface area contributed by atoms with Crippen LogP contribution in [0.4, 0.5) is 0 Å². The molecule has 0 N–H and O–H groups in total. The molecule has 1 heterocycles. The fraction of sp³-hybridized carbons (Fsp3) is 0.0800. The molecular weight excluding hydrogens is 458 g/mol. The van der Waals surface area contributed by atoms with Crippen molar-refractivity contribution in [1.82, 2.24) is 0 Å². The Hall–Kier alpha value is -3.51. The molecule has 6 heteroatoms. The number of carbonyl (C=O) groups excluding carboxylic acids is 2. The first-order valence-corrected chi connectivity index (χ1v) is 10.4. The summed E-state index contributed by atoms with van der Waals surface area (Å²) in [7, 11) is 0. The van der Waals surface area contributed by atoms with Gasteiger partial charge in [-0.3, -0.25) is 0 Å². The fourth-order valence-electron chi connectivity index (χ4n) is 3.11. The Morgan fingerprint density at radius 1 is 1.00 bits per heavy atom. The van der Waals surface area contributed by atoms with Crippen LogP contribution in [0.15, 0.2) is 81.9 Å². The summed E-state index contributed by atoms with van der Waals surface area (Å²) in [5, 5.41) is 0. The SMILES string of the molecule is Cc1cccc(C(=O)Oc2ccc(Br)cc2/C=C2/N=C(c3cccc(C)c3)OC2=O)c1. The third-order valence-corrected chi connectivity index (χ3v) is 5.10. The smallest absolute Gasteiger partial charge is 0.363 e. The van der Waals surface area contributed by atoms with Gasteiger partial charge in [0.1, 0.15) is 5.75 Å². The second-order valence-electron chi connectivity index (χ2n) is 7.15. The number of halogens is 1. The molecule has 31 heavy (non-hydrogen) atoms. The van der Waals surface area contributed by atoms with E-state index in [4.69, 9.17) is 9.47 Å². The molecule has 0 amide bonds. The number of aryl methyl sites for hydroxylation is 2. The zero-order chi connectivity index (χ0) is 22.0. The average molecular weight is 476 g/mol. The third kappa shape index (κ3) is 4.81. The van der Waals surface area contributed by atoms with Crippen LogP contribution in [0.2, 0.25) is 0 Å². The number of hydrogen-bond acceptors (Lipinski definition) is 5. The molecular formula is C25H18BrNO4. The molecule has 3 aromatic rings. The summed E-state index contributed by atoms with van der Waals surface area (Å²) < 4.78 is 11.7. The quantitative estimate of drug-likeness (QED) is 0.278. The van der Waals surface area contributed by atoms with E-state index in [-0.39, 0.29) is 11.6 Å². The van der Waals surface area contributed by atoms with Crippen molar-refractivity contribution in [3.8, 4) is 5.75 Å². The molecule has 1 aliphatic heterocycles. The highest BCUT2D eigenvalue weighted by Gasteiger charge is 2.25. The van der Waals surface area contributed by atoms with E-state index in [1.165, 1.54) is 0 Å². The zero-order valence-electron chi connectivity index (χ0n) is 16.9. The summed E-state index contributed by atoms with van der Waals surface area (Å²) in [6.45, 7) is 3.86. The van der Waals surface area contributed by atoms with E-state index in [1.54, 1.807) is 42.5 Å². The molecule has 5 nitrogen and oxygen atoms in total. The number of nitrogens with zero attached hydrogens (tertiary/aromatic N) is 1. The normalized spacial score (nSPS) is 14.4. The van der Waals surface area contributed by atoms with Crippen molar-refractivity contribution in [1.29, 1.82) is 0 Å². The van der Waals surface area contributed by atoms with Gasteiger partial charge in [0.25, 0.3) is 0 Å². The van der Waals surface area contributed by atoms with Gasteiger partial charge >= 0.3 is 11.9 Å². The Morgan fingerprint density at radius 2 is 1.74 bits per heavy atom. The van der Waals surface area contributed by atoms with E-state index < -0.39 is 11.9 Å². The Bertz CT molecular complexity index is 1260. The Kier molecular flexibility index (Phi) is 5.82. The van der Waals surface area contributed by atoms with Gasteiger partial charge in [0, 0.05) is 15.6 Å². The van der Waals surface area contributed by atoms with E-state index in [0.29, 0.717) is 16.9 Å². The van der Waals surface area contributed by atoms with Crippen LogP contribution in [0.5, 0.6) is 5.75 Å². The van der Waals surface area contributed by atoms with Crippen LogP contribution < -0.4 is 4.74 Å². The molecule has 0 saturated heterocycles. The van der Waals surface area contributed by atoms with Gasteiger partial charge in [-0.1, -0.05) is 51.3 Å². The van der Waals surface area contributed by atoms with E-state index in [2.05, 4.69) is 20.9 Å². The molecule has 3 aromatic carbocycles. The van der Waals surface area contributed by atoms with Gasteiger partial charge in [0.05, 0.1) is 5.56 Å². The lowest BCUT2D eigenvalue weighted by molar-refractivity contribution is -0.129. The number of aliphatic imine (C=N–C) groups is 1. The largest absolute Gasteiger partial charge is 0.422 e. The van der Waals surface area contributed by atoms with Crippen molar-refractivity contribution in [2.24, 2.45) is 4.99 Å². The van der Waals surface area contributed by atoms with Crippen LogP contribution in [0.1, 0.15) is 32.6 Å². The van der Waals surface area contributed by atoms with Crippen molar-refractivity contribution < 1.29 is 19.1 Å². The number of cyclic esters (lactones) is 1. The molecule has 0 unspecified atom stereocenters. The summed E-state index contributed by atoms with van der Waals surface area (Å²) in [5.41, 5.74) is 3.81. The van der Waals surface area contributed by atoms with Crippen LogP contribution in [-0.2, 0) is 9.53 Å². The number of esters is 2. The predicted molar refractivity (Wildman–Crippen MR) is 122 cm³/mol. The summed E-state index contributed by atoms with van der Waals surface area (Å²) in [4.78, 5) is 29.3. The number of carbonyl (C=O) groups is 2. The molecule has 0 spiro atoms. The first-order valence-electron chi connectivity index (χ1n) is 9.57. The topological polar surface area (TPSA) is 65.0 Å². The molecule has 154 valence electrons. The van der Waals surface area contributed by atoms with E-state index in [9.17, 15) is 9.59 Å². The average Bonchev–Trinajstić information content (AvgIpc) is 3.10. The monoisotopic (exact) mass is 475 g/mol. The molecule has 0 fully saturated rings. The molecule has 0 bridgehead atoms. The number of benzene rings is 3. The first kappa shape index (κ1) is 20.8. The minimum Gasteiger partial charge on any atom is -0.422 e. The Balaban J connectivity index is 1.66. The van der Waals surface area contributed by atoms with Gasteiger partial charge in [0.15, 0.2) is 5.70 Å². The molecule has 0 saturated carbocycles. The van der Waals surface area contributed by atoms with Crippen molar-refractivity contribution in [3.05, 3.63) is 105 Å². The molecule has 0 radical (unpaired) electrons. The van der Waals surface area contributed by atoms with Gasteiger partial charge in [-0.05, 0) is 62.4 Å². The maximum absolute atomic E-state index is 12.6. The van der Waals surface area contributed by atoms with Crippen LogP contribution in [0, 0.1) is 13.8 Å². The van der Waals surface area contributed by atoms with Crippen molar-refractivity contribution in [3.63, 3.8) is 0 Å². The second kappa shape index (κ2) is 8.70. The van der Waals surface area contributed by atoms with E-state index in [1.807, 2.05) is 44.2 Å². The zero-order valence-corrected chi connectivity index (χ0v) is 18.5. The molecule has 0 aromatic heterocycles. The third-order valence-electron chi connectivity index (χ3n) is 4.61. The highest BCUT2D eigenvalue weighted by molar-refractivity contribution is 9.10. The summed E-state index contributed by atoms with van der Waals surface area (Å²) in [6.07, 6.45) is 1.55. The molecule has 4 rings (SSSR count). The van der Waals surface area contributed by atoms with E-state index >= 15 is 0 Å². The van der Waals surface area contributed by atoms with Crippen LogP contribution in [0.25, 0.3) is 6.08 Å². The van der Waals surface area contributed by atoms with Gasteiger partial charge in [-0.25, -0.2) is 14.6 Å². The Morgan fingerprint density at radius 3 is 2.48 bits per heavy atom. The van der Waals surface area contributed by atoms with Gasteiger partial charge in [-0.2, -0.15) is 0 Å². The summed E-state index contributed by atoms with van der Waals surface area (Å²) in [5.74, 6) is -0.487. The highest BCUT2D eigenvalue weighted by Crippen LogP contribution is 2.28. The second-order valence-corrected chi connectivity index (χ2v) is 8.06. The van der Waals surface area contributed by atoms with Gasteiger partial charge < -0.3 is 9.47 Å². The maximum atomic E-state index is 12.6. The molecule has 0 aliphatic carbocycles. The van der Waals surface area contributed by atoms with Crippen molar-refractivity contribution in [2.45, 2.75) is 13.8 Å². The summed E-state index contributed by atoms with van der Waals surface area (Å²) in [6, 6.07) is 19.9. The molecule has 1 aliphatic rings. The van der Waals surface area contributed by atoms with Crippen LogP contribution in [-0.4, -0.2) is 17.8 Å². The van der Waals surface area contributed by atoms with Crippen molar-refractivity contribution >= 4 is 39.8 Å². The van der Waals surface area contributed by atoms with Crippen LogP contribution in [0.3, 0.4) is 0 Å². The lowest BCUT2D eigenvalue weighted by atomic mass is 10.1. The number of hydrogen-bond donors (Lipinski definition) is 0.